The summed E-state index contributed by atoms with van der Waals surface area (Å²) >= 11 is 0. The topological polar surface area (TPSA) is 43.8 Å². The number of hydrogen-bond donors (Lipinski definition) is 1. The third kappa shape index (κ3) is 3.23. The van der Waals surface area contributed by atoms with Gasteiger partial charge in [-0.3, -0.25) is 9.69 Å². The molecule has 1 saturated heterocycles. The van der Waals surface area contributed by atoms with E-state index in [1.807, 2.05) is 0 Å². The molecule has 1 saturated carbocycles. The first-order valence-electron chi connectivity index (χ1n) is 8.12. The van der Waals surface area contributed by atoms with Crippen LogP contribution in [0, 0.1) is 5.92 Å². The highest BCUT2D eigenvalue weighted by Gasteiger charge is 2.36. The summed E-state index contributed by atoms with van der Waals surface area (Å²) in [5, 5.41) is 9.20. The zero-order chi connectivity index (χ0) is 13.9. The Morgan fingerprint density at radius 1 is 1.35 bits per heavy atom. The fourth-order valence-corrected chi connectivity index (χ4v) is 3.44. The molecule has 3 rings (SSSR count). The number of aliphatic hydroxyl groups excluding tert-OH is 1. The van der Waals surface area contributed by atoms with Crippen molar-refractivity contribution in [1.82, 2.24) is 9.80 Å². The second kappa shape index (κ2) is 6.27. The summed E-state index contributed by atoms with van der Waals surface area (Å²) in [6, 6.07) is 0.475. The number of hydrogen-bond acceptors (Lipinski definition) is 3. The number of rotatable bonds is 5. The van der Waals surface area contributed by atoms with Crippen LogP contribution in [0.2, 0.25) is 0 Å². The molecular weight excluding hydrogens is 252 g/mol. The van der Waals surface area contributed by atoms with E-state index in [2.05, 4.69) is 15.9 Å². The zero-order valence-corrected chi connectivity index (χ0v) is 12.3. The molecule has 1 amide bonds. The summed E-state index contributed by atoms with van der Waals surface area (Å²) in [5.41, 5.74) is 1.28. The minimum absolute atomic E-state index is 0.252. The molecule has 4 heteroatoms. The Kier molecular flexibility index (Phi) is 4.41. The van der Waals surface area contributed by atoms with Gasteiger partial charge in [-0.2, -0.15) is 0 Å². The van der Waals surface area contributed by atoms with Crippen LogP contribution in [0.5, 0.6) is 0 Å². The van der Waals surface area contributed by atoms with Crippen molar-refractivity contribution in [2.24, 2.45) is 5.92 Å². The van der Waals surface area contributed by atoms with Crippen molar-refractivity contribution >= 4 is 5.91 Å². The van der Waals surface area contributed by atoms with E-state index < -0.39 is 0 Å². The van der Waals surface area contributed by atoms with Crippen LogP contribution in [0.3, 0.4) is 0 Å². The van der Waals surface area contributed by atoms with Gasteiger partial charge in [0.25, 0.3) is 0 Å². The molecule has 1 N–H and O–H groups in total. The molecule has 1 aliphatic heterocycles. The Balaban J connectivity index is 1.60. The minimum atomic E-state index is 0.252. The van der Waals surface area contributed by atoms with Crippen LogP contribution in [-0.4, -0.2) is 53.1 Å². The lowest BCUT2D eigenvalue weighted by Crippen LogP contribution is -2.40. The number of allylic oxidation sites excluding steroid dienone is 2. The fraction of sp³-hybridized carbons (Fsp3) is 0.812. The number of nitrogens with zero attached hydrogens (tertiary/aromatic N) is 2. The van der Waals surface area contributed by atoms with Gasteiger partial charge in [0.05, 0.1) is 6.54 Å². The molecule has 0 bridgehead atoms. The molecule has 0 aromatic carbocycles. The predicted molar refractivity (Wildman–Crippen MR) is 78.1 cm³/mol. The average molecular weight is 278 g/mol. The summed E-state index contributed by atoms with van der Waals surface area (Å²) in [6.45, 7) is 2.61. The van der Waals surface area contributed by atoms with Crippen molar-refractivity contribution < 1.29 is 9.90 Å². The smallest absolute Gasteiger partial charge is 0.241 e. The monoisotopic (exact) mass is 278 g/mol. The summed E-state index contributed by atoms with van der Waals surface area (Å²) < 4.78 is 0. The van der Waals surface area contributed by atoms with Crippen LogP contribution in [-0.2, 0) is 4.79 Å². The van der Waals surface area contributed by atoms with Crippen LogP contribution in [0.1, 0.15) is 44.9 Å². The van der Waals surface area contributed by atoms with Crippen molar-refractivity contribution in [2.45, 2.75) is 51.0 Å². The third-order valence-electron chi connectivity index (χ3n) is 4.74. The maximum absolute atomic E-state index is 12.7. The Morgan fingerprint density at radius 3 is 2.80 bits per heavy atom. The maximum Gasteiger partial charge on any atom is 0.241 e. The molecule has 2 aliphatic carbocycles. The van der Waals surface area contributed by atoms with E-state index in [-0.39, 0.29) is 12.5 Å². The van der Waals surface area contributed by atoms with E-state index >= 15 is 0 Å². The Morgan fingerprint density at radius 2 is 2.20 bits per heavy atom. The number of carbonyl (C=O) groups excluding carboxylic acids is 1. The molecule has 4 nitrogen and oxygen atoms in total. The normalized spacial score (nSPS) is 27.4. The molecule has 1 heterocycles. The van der Waals surface area contributed by atoms with E-state index in [0.717, 1.165) is 32.4 Å². The molecule has 0 spiro atoms. The van der Waals surface area contributed by atoms with Gasteiger partial charge < -0.3 is 10.0 Å². The Bertz CT molecular complexity index is 390. The van der Waals surface area contributed by atoms with Gasteiger partial charge in [-0.05, 0) is 57.4 Å². The predicted octanol–water partition coefficient (Wildman–Crippen LogP) is 1.75. The van der Waals surface area contributed by atoms with E-state index in [1.54, 1.807) is 0 Å². The molecule has 3 aliphatic rings. The van der Waals surface area contributed by atoms with E-state index in [9.17, 15) is 9.90 Å². The minimum Gasteiger partial charge on any atom is -0.396 e. The van der Waals surface area contributed by atoms with Gasteiger partial charge in [-0.1, -0.05) is 6.08 Å². The van der Waals surface area contributed by atoms with Crippen LogP contribution in [0.4, 0.5) is 0 Å². The summed E-state index contributed by atoms with van der Waals surface area (Å²) in [7, 11) is 0. The lowest BCUT2D eigenvalue weighted by atomic mass is 10.0. The molecular formula is C16H26N2O2. The number of likely N-dealkylation sites (tertiary alicyclic amines) is 1. The highest BCUT2D eigenvalue weighted by molar-refractivity contribution is 5.80. The summed E-state index contributed by atoms with van der Waals surface area (Å²) in [4.78, 5) is 17.0. The van der Waals surface area contributed by atoms with Gasteiger partial charge in [0.15, 0.2) is 0 Å². The van der Waals surface area contributed by atoms with Crippen molar-refractivity contribution in [1.29, 1.82) is 0 Å². The Labute approximate surface area is 121 Å². The molecule has 0 aromatic rings. The lowest BCUT2D eigenvalue weighted by Gasteiger charge is -2.29. The highest BCUT2D eigenvalue weighted by atomic mass is 16.3. The summed E-state index contributed by atoms with van der Waals surface area (Å²) in [6.07, 6.45) is 10.3. The average Bonchev–Trinajstić information content (AvgIpc) is 3.19. The van der Waals surface area contributed by atoms with Crippen LogP contribution in [0.15, 0.2) is 11.8 Å². The van der Waals surface area contributed by atoms with Gasteiger partial charge in [0, 0.05) is 24.9 Å². The third-order valence-corrected chi connectivity index (χ3v) is 4.74. The van der Waals surface area contributed by atoms with Crippen LogP contribution in [0.25, 0.3) is 0 Å². The number of aliphatic hydroxyl groups is 1. The zero-order valence-electron chi connectivity index (χ0n) is 12.3. The van der Waals surface area contributed by atoms with E-state index in [4.69, 9.17) is 0 Å². The molecule has 0 radical (unpaired) electrons. The SMILES string of the molecule is O=C(CN1CCC(CO)C1)N(C1=CCCCC1)C1CC1. The highest BCUT2D eigenvalue weighted by Crippen LogP contribution is 2.34. The van der Waals surface area contributed by atoms with Crippen molar-refractivity contribution in [3.05, 3.63) is 11.8 Å². The van der Waals surface area contributed by atoms with E-state index in [1.165, 1.54) is 31.4 Å². The second-order valence-electron chi connectivity index (χ2n) is 6.51. The van der Waals surface area contributed by atoms with Gasteiger partial charge >= 0.3 is 0 Å². The first-order valence-corrected chi connectivity index (χ1v) is 8.12. The molecule has 20 heavy (non-hydrogen) atoms. The Hall–Kier alpha value is -0.870. The summed E-state index contributed by atoms with van der Waals surface area (Å²) in [5.74, 6) is 0.644. The van der Waals surface area contributed by atoms with Crippen LogP contribution < -0.4 is 0 Å². The van der Waals surface area contributed by atoms with Gasteiger partial charge in [-0.15, -0.1) is 0 Å². The first-order chi connectivity index (χ1) is 9.78. The van der Waals surface area contributed by atoms with Crippen molar-refractivity contribution in [2.75, 3.05) is 26.2 Å². The lowest BCUT2D eigenvalue weighted by molar-refractivity contribution is -0.131. The first kappa shape index (κ1) is 14.1. The van der Waals surface area contributed by atoms with Crippen molar-refractivity contribution in [3.63, 3.8) is 0 Å². The molecule has 0 aromatic heterocycles. The van der Waals surface area contributed by atoms with E-state index in [0.29, 0.717) is 18.5 Å². The van der Waals surface area contributed by atoms with Crippen molar-refractivity contribution in [3.8, 4) is 0 Å². The molecule has 112 valence electrons. The molecule has 1 atom stereocenters. The molecule has 1 unspecified atom stereocenters. The number of carbonyl (C=O) groups is 1. The largest absolute Gasteiger partial charge is 0.396 e. The van der Waals surface area contributed by atoms with Gasteiger partial charge in [0.2, 0.25) is 5.91 Å². The van der Waals surface area contributed by atoms with Gasteiger partial charge in [0.1, 0.15) is 0 Å². The second-order valence-corrected chi connectivity index (χ2v) is 6.51. The van der Waals surface area contributed by atoms with Crippen LogP contribution >= 0.6 is 0 Å². The quantitative estimate of drug-likeness (QED) is 0.833. The standard InChI is InChI=1S/C16H26N2O2/c19-12-13-8-9-17(10-13)11-16(20)18(15-6-7-15)14-4-2-1-3-5-14/h4,13,15,19H,1-3,5-12H2. The van der Waals surface area contributed by atoms with Gasteiger partial charge in [-0.25, -0.2) is 0 Å². The molecule has 2 fully saturated rings. The number of amides is 1. The maximum atomic E-state index is 12.7. The fourth-order valence-electron chi connectivity index (χ4n) is 3.44.